The van der Waals surface area contributed by atoms with Crippen molar-refractivity contribution < 1.29 is 13.2 Å². The monoisotopic (exact) mass is 400 g/mol. The lowest BCUT2D eigenvalue weighted by Gasteiger charge is -2.25. The number of sulfonamides is 1. The molecule has 0 unspecified atom stereocenters. The van der Waals surface area contributed by atoms with Crippen LogP contribution in [0.1, 0.15) is 47.2 Å². The largest absolute Gasteiger partial charge is 0.339 e. The molecule has 0 radical (unpaired) electrons. The molecule has 3 rings (SSSR count). The number of hydrogen-bond acceptors (Lipinski definition) is 3. The second-order valence-corrected chi connectivity index (χ2v) is 9.56. The lowest BCUT2D eigenvalue weighted by molar-refractivity contribution is 0.0735. The third-order valence-electron chi connectivity index (χ3n) is 5.44. The third-order valence-corrected chi connectivity index (χ3v) is 6.58. The first-order valence-electron chi connectivity index (χ1n) is 9.66. The molecule has 0 atom stereocenters. The minimum absolute atomic E-state index is 0.0112. The van der Waals surface area contributed by atoms with Crippen molar-refractivity contribution in [2.75, 3.05) is 17.6 Å². The summed E-state index contributed by atoms with van der Waals surface area (Å²) in [6.07, 6.45) is 5.65. The van der Waals surface area contributed by atoms with Crippen LogP contribution in [0.3, 0.4) is 0 Å². The average molecular weight is 401 g/mol. The van der Waals surface area contributed by atoms with Crippen LogP contribution in [0, 0.1) is 6.92 Å². The van der Waals surface area contributed by atoms with Gasteiger partial charge in [-0.3, -0.25) is 9.10 Å². The van der Waals surface area contributed by atoms with Gasteiger partial charge in [0.2, 0.25) is 10.0 Å². The van der Waals surface area contributed by atoms with E-state index in [2.05, 4.69) is 0 Å². The molecule has 0 heterocycles. The molecule has 0 spiro atoms. The predicted octanol–water partition coefficient (Wildman–Crippen LogP) is 3.98. The molecule has 150 valence electrons. The molecule has 6 heteroatoms. The zero-order chi connectivity index (χ0) is 20.3. The Labute approximate surface area is 168 Å². The molecule has 1 aliphatic rings. The third kappa shape index (κ3) is 4.73. The summed E-state index contributed by atoms with van der Waals surface area (Å²) < 4.78 is 26.1. The van der Waals surface area contributed by atoms with E-state index in [0.717, 1.165) is 24.0 Å². The van der Waals surface area contributed by atoms with E-state index in [1.165, 1.54) is 23.4 Å². The highest BCUT2D eigenvalue weighted by atomic mass is 32.2. The lowest BCUT2D eigenvalue weighted by Crippen LogP contribution is -2.35. The normalized spacial score (nSPS) is 14.8. The summed E-state index contributed by atoms with van der Waals surface area (Å²) in [5.74, 6) is -0.0112. The first-order chi connectivity index (χ1) is 13.3. The minimum Gasteiger partial charge on any atom is -0.339 e. The van der Waals surface area contributed by atoms with Gasteiger partial charge in [-0.2, -0.15) is 0 Å². The van der Waals surface area contributed by atoms with Crippen molar-refractivity contribution in [3.8, 4) is 0 Å². The number of carbonyl (C=O) groups is 1. The molecule has 0 saturated heterocycles. The molecule has 0 aromatic heterocycles. The Balaban J connectivity index is 1.80. The zero-order valence-corrected chi connectivity index (χ0v) is 17.6. The van der Waals surface area contributed by atoms with E-state index in [0.29, 0.717) is 17.3 Å². The molecule has 0 N–H and O–H groups in total. The van der Waals surface area contributed by atoms with E-state index in [-0.39, 0.29) is 12.5 Å². The maximum atomic E-state index is 12.7. The van der Waals surface area contributed by atoms with E-state index in [1.807, 2.05) is 43.1 Å². The summed E-state index contributed by atoms with van der Waals surface area (Å²) >= 11 is 0. The summed E-state index contributed by atoms with van der Waals surface area (Å²) in [5.41, 5.74) is 3.19. The van der Waals surface area contributed by atoms with E-state index >= 15 is 0 Å². The Morgan fingerprint density at radius 1 is 1.00 bits per heavy atom. The van der Waals surface area contributed by atoms with Crippen LogP contribution in [-0.2, 0) is 16.6 Å². The summed E-state index contributed by atoms with van der Waals surface area (Å²) in [4.78, 5) is 14.5. The van der Waals surface area contributed by atoms with Gasteiger partial charge < -0.3 is 4.90 Å². The summed E-state index contributed by atoms with van der Waals surface area (Å²) in [6.45, 7) is 2.25. The highest BCUT2D eigenvalue weighted by Gasteiger charge is 2.24. The number of benzene rings is 2. The molecule has 2 aromatic carbocycles. The fraction of sp³-hybridized carbons (Fsp3) is 0.409. The second kappa shape index (κ2) is 8.35. The Kier molecular flexibility index (Phi) is 6.08. The van der Waals surface area contributed by atoms with Crippen molar-refractivity contribution in [3.63, 3.8) is 0 Å². The molecule has 1 aliphatic carbocycles. The molecule has 1 amide bonds. The van der Waals surface area contributed by atoms with Gasteiger partial charge in [-0.15, -0.1) is 0 Å². The topological polar surface area (TPSA) is 57.7 Å². The van der Waals surface area contributed by atoms with Crippen molar-refractivity contribution in [1.82, 2.24) is 4.90 Å². The summed E-state index contributed by atoms with van der Waals surface area (Å²) in [6, 6.07) is 15.0. The van der Waals surface area contributed by atoms with Crippen LogP contribution in [0.4, 0.5) is 5.69 Å². The molecule has 28 heavy (non-hydrogen) atoms. The number of nitrogens with zero attached hydrogens (tertiary/aromatic N) is 2. The van der Waals surface area contributed by atoms with Gasteiger partial charge in [0.15, 0.2) is 0 Å². The number of hydrogen-bond donors (Lipinski definition) is 0. The molecule has 2 aromatic rings. The van der Waals surface area contributed by atoms with Crippen LogP contribution in [0.5, 0.6) is 0 Å². The Hall–Kier alpha value is -2.34. The number of carbonyl (C=O) groups excluding carboxylic acids is 1. The van der Waals surface area contributed by atoms with Crippen molar-refractivity contribution in [3.05, 3.63) is 65.2 Å². The number of rotatable bonds is 6. The minimum atomic E-state index is -3.45. The molecule has 1 fully saturated rings. The van der Waals surface area contributed by atoms with Gasteiger partial charge in [0.1, 0.15) is 0 Å². The van der Waals surface area contributed by atoms with Crippen LogP contribution in [0.2, 0.25) is 0 Å². The molecule has 0 bridgehead atoms. The highest BCUT2D eigenvalue weighted by Crippen LogP contribution is 2.25. The second-order valence-electron chi connectivity index (χ2n) is 7.66. The van der Waals surface area contributed by atoms with E-state index < -0.39 is 10.0 Å². The highest BCUT2D eigenvalue weighted by molar-refractivity contribution is 7.92. The van der Waals surface area contributed by atoms with Crippen LogP contribution < -0.4 is 4.31 Å². The molecule has 1 saturated carbocycles. The predicted molar refractivity (Wildman–Crippen MR) is 113 cm³/mol. The molecular weight excluding hydrogens is 372 g/mol. The van der Waals surface area contributed by atoms with Crippen molar-refractivity contribution in [2.24, 2.45) is 0 Å². The van der Waals surface area contributed by atoms with Crippen LogP contribution in [0.25, 0.3) is 0 Å². The van der Waals surface area contributed by atoms with Crippen LogP contribution >= 0.6 is 0 Å². The SMILES string of the molecule is Cc1ccc(CN(c2ccc(C(=O)N(C)C3CCCC3)cc2)S(C)(=O)=O)cc1. The number of aryl methyl sites for hydroxylation is 1. The quantitative estimate of drug-likeness (QED) is 0.737. The standard InChI is InChI=1S/C22H28N2O3S/c1-17-8-10-18(11-9-17)16-24(28(3,26)27)21-14-12-19(13-15-21)22(25)23(2)20-6-4-5-7-20/h8-15,20H,4-7,16H2,1-3H3. The van der Waals surface area contributed by atoms with Gasteiger partial charge in [0, 0.05) is 18.7 Å². The van der Waals surface area contributed by atoms with E-state index in [1.54, 1.807) is 24.3 Å². The maximum Gasteiger partial charge on any atom is 0.253 e. The van der Waals surface area contributed by atoms with Gasteiger partial charge in [0.25, 0.3) is 5.91 Å². The summed E-state index contributed by atoms with van der Waals surface area (Å²) in [7, 11) is -1.60. The van der Waals surface area contributed by atoms with Gasteiger partial charge in [0.05, 0.1) is 18.5 Å². The number of anilines is 1. The first-order valence-corrected chi connectivity index (χ1v) is 11.5. The van der Waals surface area contributed by atoms with E-state index in [4.69, 9.17) is 0 Å². The van der Waals surface area contributed by atoms with E-state index in [9.17, 15) is 13.2 Å². The number of amides is 1. The Bertz CT molecular complexity index is 915. The smallest absolute Gasteiger partial charge is 0.253 e. The molecule has 0 aliphatic heterocycles. The van der Waals surface area contributed by atoms with Crippen LogP contribution in [0.15, 0.2) is 48.5 Å². The lowest BCUT2D eigenvalue weighted by atomic mass is 10.1. The first kappa shape index (κ1) is 20.4. The average Bonchev–Trinajstić information content (AvgIpc) is 3.20. The Morgan fingerprint density at radius 3 is 2.11 bits per heavy atom. The van der Waals surface area contributed by atoms with Gasteiger partial charge >= 0.3 is 0 Å². The van der Waals surface area contributed by atoms with Crippen molar-refractivity contribution in [1.29, 1.82) is 0 Å². The van der Waals surface area contributed by atoms with Crippen LogP contribution in [-0.4, -0.2) is 38.6 Å². The molecular formula is C22H28N2O3S. The zero-order valence-electron chi connectivity index (χ0n) is 16.8. The summed E-state index contributed by atoms with van der Waals surface area (Å²) in [5, 5.41) is 0. The van der Waals surface area contributed by atoms with Gasteiger partial charge in [-0.25, -0.2) is 8.42 Å². The van der Waals surface area contributed by atoms with Gasteiger partial charge in [-0.05, 0) is 49.6 Å². The van der Waals surface area contributed by atoms with Crippen molar-refractivity contribution in [2.45, 2.75) is 45.2 Å². The fourth-order valence-corrected chi connectivity index (χ4v) is 4.58. The van der Waals surface area contributed by atoms with Crippen molar-refractivity contribution >= 4 is 21.6 Å². The Morgan fingerprint density at radius 2 is 1.57 bits per heavy atom. The maximum absolute atomic E-state index is 12.7. The molecule has 5 nitrogen and oxygen atoms in total. The van der Waals surface area contributed by atoms with Gasteiger partial charge in [-0.1, -0.05) is 42.7 Å². The fourth-order valence-electron chi connectivity index (χ4n) is 3.69.